The molecular weight excluding hydrogens is 216 g/mol. The van der Waals surface area contributed by atoms with Crippen molar-refractivity contribution in [3.8, 4) is 0 Å². The number of hydrogen-bond acceptors (Lipinski definition) is 3. The number of hydrogen-bond donors (Lipinski definition) is 1. The van der Waals surface area contributed by atoms with E-state index in [0.717, 1.165) is 21.8 Å². The van der Waals surface area contributed by atoms with Crippen molar-refractivity contribution in [2.45, 2.75) is 0 Å². The second kappa shape index (κ2) is 3.59. The summed E-state index contributed by atoms with van der Waals surface area (Å²) in [7, 11) is 1.37. The first-order valence-electron chi connectivity index (χ1n) is 5.24. The zero-order valence-electron chi connectivity index (χ0n) is 9.23. The summed E-state index contributed by atoms with van der Waals surface area (Å²) in [6, 6.07) is 9.50. The fourth-order valence-electron chi connectivity index (χ4n) is 1.99. The number of rotatable bonds is 1. The molecule has 0 aliphatic carbocycles. The lowest BCUT2D eigenvalue weighted by Gasteiger charge is -1.96. The van der Waals surface area contributed by atoms with E-state index < -0.39 is 0 Å². The molecule has 4 nitrogen and oxygen atoms in total. The van der Waals surface area contributed by atoms with E-state index >= 15 is 0 Å². The van der Waals surface area contributed by atoms with Crippen molar-refractivity contribution in [2.75, 3.05) is 7.11 Å². The molecule has 0 spiro atoms. The van der Waals surface area contributed by atoms with E-state index in [9.17, 15) is 4.79 Å². The van der Waals surface area contributed by atoms with Crippen molar-refractivity contribution in [3.63, 3.8) is 0 Å². The lowest BCUT2D eigenvalue weighted by atomic mass is 10.1. The third-order valence-electron chi connectivity index (χ3n) is 2.79. The number of esters is 1. The molecule has 0 atom stereocenters. The molecule has 4 heteroatoms. The van der Waals surface area contributed by atoms with Crippen LogP contribution in [-0.2, 0) is 4.74 Å². The van der Waals surface area contributed by atoms with Gasteiger partial charge in [0.25, 0.3) is 0 Å². The van der Waals surface area contributed by atoms with E-state index in [1.807, 2.05) is 24.3 Å². The third kappa shape index (κ3) is 1.45. The van der Waals surface area contributed by atoms with Gasteiger partial charge >= 0.3 is 5.97 Å². The Kier molecular flexibility index (Phi) is 2.08. The van der Waals surface area contributed by atoms with Gasteiger partial charge in [-0.2, -0.15) is 0 Å². The Morgan fingerprint density at radius 3 is 3.00 bits per heavy atom. The maximum absolute atomic E-state index is 11.5. The standard InChI is InChI=1S/C13H10N2O2/c1-17-13(16)12-7-9-8-3-2-6-14-10(8)4-5-11(9)15-12/h2-7,15H,1H3. The average molecular weight is 226 g/mol. The number of benzene rings is 1. The molecule has 3 aromatic rings. The summed E-state index contributed by atoms with van der Waals surface area (Å²) < 4.78 is 4.69. The summed E-state index contributed by atoms with van der Waals surface area (Å²) in [5.74, 6) is -0.363. The van der Waals surface area contributed by atoms with Crippen LogP contribution in [-0.4, -0.2) is 23.0 Å². The molecule has 0 aliphatic rings. The molecule has 0 radical (unpaired) electrons. The molecule has 0 saturated heterocycles. The van der Waals surface area contributed by atoms with Gasteiger partial charge in [0.05, 0.1) is 12.6 Å². The van der Waals surface area contributed by atoms with Gasteiger partial charge in [-0.3, -0.25) is 4.98 Å². The Hall–Kier alpha value is -2.36. The molecule has 1 aromatic carbocycles. The molecule has 0 saturated carbocycles. The minimum Gasteiger partial charge on any atom is -0.464 e. The molecule has 0 fully saturated rings. The number of carbonyl (C=O) groups excluding carboxylic acids is 1. The summed E-state index contributed by atoms with van der Waals surface area (Å²) in [6.45, 7) is 0. The molecule has 1 N–H and O–H groups in total. The smallest absolute Gasteiger partial charge is 0.354 e. The number of aromatic nitrogens is 2. The summed E-state index contributed by atoms with van der Waals surface area (Å²) in [5.41, 5.74) is 2.28. The monoisotopic (exact) mass is 226 g/mol. The Morgan fingerprint density at radius 2 is 2.18 bits per heavy atom. The van der Waals surface area contributed by atoms with Crippen molar-refractivity contribution < 1.29 is 9.53 Å². The molecule has 0 bridgehead atoms. The van der Waals surface area contributed by atoms with Gasteiger partial charge < -0.3 is 9.72 Å². The summed E-state index contributed by atoms with van der Waals surface area (Å²) >= 11 is 0. The number of ether oxygens (including phenoxy) is 1. The van der Waals surface area contributed by atoms with E-state index in [2.05, 4.69) is 9.97 Å². The molecule has 2 aromatic heterocycles. The van der Waals surface area contributed by atoms with Crippen molar-refractivity contribution in [1.29, 1.82) is 0 Å². The first-order valence-corrected chi connectivity index (χ1v) is 5.24. The topological polar surface area (TPSA) is 55.0 Å². The summed E-state index contributed by atoms with van der Waals surface area (Å²) in [4.78, 5) is 18.8. The zero-order chi connectivity index (χ0) is 11.8. The average Bonchev–Trinajstić information content (AvgIpc) is 2.82. The van der Waals surface area contributed by atoms with Gasteiger partial charge in [0.15, 0.2) is 0 Å². The molecule has 0 unspecified atom stereocenters. The van der Waals surface area contributed by atoms with Gasteiger partial charge in [0, 0.05) is 22.5 Å². The number of pyridine rings is 1. The molecule has 0 amide bonds. The van der Waals surface area contributed by atoms with Crippen molar-refractivity contribution in [2.24, 2.45) is 0 Å². The highest BCUT2D eigenvalue weighted by atomic mass is 16.5. The van der Waals surface area contributed by atoms with Crippen LogP contribution in [0.5, 0.6) is 0 Å². The highest BCUT2D eigenvalue weighted by Gasteiger charge is 2.11. The predicted octanol–water partition coefficient (Wildman–Crippen LogP) is 2.50. The van der Waals surface area contributed by atoms with Crippen LogP contribution in [0.15, 0.2) is 36.5 Å². The Balaban J connectivity index is 2.35. The minimum absolute atomic E-state index is 0.363. The lowest BCUT2D eigenvalue weighted by Crippen LogP contribution is -2.00. The molecule has 84 valence electrons. The van der Waals surface area contributed by atoms with Gasteiger partial charge in [0.1, 0.15) is 5.69 Å². The summed E-state index contributed by atoms with van der Waals surface area (Å²) in [5, 5.41) is 2.01. The summed E-state index contributed by atoms with van der Waals surface area (Å²) in [6.07, 6.45) is 1.75. The Labute approximate surface area is 97.2 Å². The molecule has 17 heavy (non-hydrogen) atoms. The first-order chi connectivity index (χ1) is 8.29. The number of H-pyrrole nitrogens is 1. The van der Waals surface area contributed by atoms with Crippen LogP contribution in [0.2, 0.25) is 0 Å². The maximum atomic E-state index is 11.5. The van der Waals surface area contributed by atoms with E-state index in [-0.39, 0.29) is 5.97 Å². The number of nitrogens with zero attached hydrogens (tertiary/aromatic N) is 1. The van der Waals surface area contributed by atoms with Gasteiger partial charge in [-0.25, -0.2) is 4.79 Å². The van der Waals surface area contributed by atoms with Crippen LogP contribution < -0.4 is 0 Å². The number of fused-ring (bicyclic) bond motifs is 3. The Morgan fingerprint density at radius 1 is 1.29 bits per heavy atom. The van der Waals surface area contributed by atoms with Crippen molar-refractivity contribution in [1.82, 2.24) is 9.97 Å². The van der Waals surface area contributed by atoms with Gasteiger partial charge in [0.2, 0.25) is 0 Å². The Bertz CT molecular complexity index is 716. The van der Waals surface area contributed by atoms with Crippen molar-refractivity contribution in [3.05, 3.63) is 42.2 Å². The second-order valence-electron chi connectivity index (χ2n) is 3.77. The second-order valence-corrected chi connectivity index (χ2v) is 3.77. The predicted molar refractivity (Wildman–Crippen MR) is 64.9 cm³/mol. The van der Waals surface area contributed by atoms with Crippen LogP contribution >= 0.6 is 0 Å². The van der Waals surface area contributed by atoms with Crippen LogP contribution in [0, 0.1) is 0 Å². The van der Waals surface area contributed by atoms with Crippen molar-refractivity contribution >= 4 is 27.8 Å². The highest BCUT2D eigenvalue weighted by Crippen LogP contribution is 2.24. The first kappa shape index (κ1) is 9.84. The van der Waals surface area contributed by atoms with Crippen LogP contribution in [0.3, 0.4) is 0 Å². The molecule has 0 aliphatic heterocycles. The number of carbonyl (C=O) groups is 1. The minimum atomic E-state index is -0.363. The van der Waals surface area contributed by atoms with E-state index in [0.29, 0.717) is 5.69 Å². The van der Waals surface area contributed by atoms with Crippen LogP contribution in [0.25, 0.3) is 21.8 Å². The van der Waals surface area contributed by atoms with E-state index in [1.165, 1.54) is 7.11 Å². The van der Waals surface area contributed by atoms with Crippen LogP contribution in [0.1, 0.15) is 10.5 Å². The van der Waals surface area contributed by atoms with Gasteiger partial charge in [-0.1, -0.05) is 6.07 Å². The van der Waals surface area contributed by atoms with Gasteiger partial charge in [-0.15, -0.1) is 0 Å². The molecule has 2 heterocycles. The zero-order valence-corrected chi connectivity index (χ0v) is 9.23. The largest absolute Gasteiger partial charge is 0.464 e. The number of nitrogens with one attached hydrogen (secondary N) is 1. The van der Waals surface area contributed by atoms with Crippen LogP contribution in [0.4, 0.5) is 0 Å². The molecule has 3 rings (SSSR count). The number of methoxy groups -OCH3 is 1. The normalized spacial score (nSPS) is 10.9. The SMILES string of the molecule is COC(=O)c1cc2c(ccc3ncccc32)[nH]1. The third-order valence-corrected chi connectivity index (χ3v) is 2.79. The quantitative estimate of drug-likeness (QED) is 0.648. The van der Waals surface area contributed by atoms with E-state index in [4.69, 9.17) is 4.74 Å². The molecular formula is C13H10N2O2. The highest BCUT2D eigenvalue weighted by molar-refractivity contribution is 6.08. The van der Waals surface area contributed by atoms with Gasteiger partial charge in [-0.05, 0) is 24.3 Å². The maximum Gasteiger partial charge on any atom is 0.354 e. The number of aromatic amines is 1. The van der Waals surface area contributed by atoms with E-state index in [1.54, 1.807) is 12.3 Å². The lowest BCUT2D eigenvalue weighted by molar-refractivity contribution is 0.0595. The fourth-order valence-corrected chi connectivity index (χ4v) is 1.99. The fraction of sp³-hybridized carbons (Fsp3) is 0.0769.